The van der Waals surface area contributed by atoms with Crippen LogP contribution in [0.15, 0.2) is 4.52 Å². The molecule has 3 nitrogen and oxygen atoms in total. The van der Waals surface area contributed by atoms with Crippen LogP contribution >= 0.6 is 0 Å². The molecular formula is C9H15FN2O. The Kier molecular flexibility index (Phi) is 2.68. The van der Waals surface area contributed by atoms with E-state index >= 15 is 0 Å². The van der Waals surface area contributed by atoms with Crippen molar-refractivity contribution in [3.05, 3.63) is 11.7 Å². The van der Waals surface area contributed by atoms with E-state index < -0.39 is 5.67 Å². The van der Waals surface area contributed by atoms with Crippen LogP contribution in [0.1, 0.15) is 51.7 Å². The minimum absolute atomic E-state index is 0.0581. The van der Waals surface area contributed by atoms with E-state index in [9.17, 15) is 4.39 Å². The maximum atomic E-state index is 13.3. The Morgan fingerprint density at radius 3 is 2.54 bits per heavy atom. The van der Waals surface area contributed by atoms with Gasteiger partial charge in [0, 0.05) is 5.92 Å². The molecule has 0 spiro atoms. The Morgan fingerprint density at radius 2 is 2.15 bits per heavy atom. The second-order valence-electron chi connectivity index (χ2n) is 3.74. The third-order valence-electron chi connectivity index (χ3n) is 2.00. The number of hydrogen-bond donors (Lipinski definition) is 0. The van der Waals surface area contributed by atoms with Crippen molar-refractivity contribution in [2.45, 2.75) is 45.7 Å². The Balaban J connectivity index is 2.87. The quantitative estimate of drug-likeness (QED) is 0.728. The van der Waals surface area contributed by atoms with Gasteiger partial charge in [-0.25, -0.2) is 4.39 Å². The largest absolute Gasteiger partial charge is 0.336 e. The second kappa shape index (κ2) is 3.44. The normalized spacial score (nSPS) is 14.5. The third-order valence-corrected chi connectivity index (χ3v) is 2.00. The highest BCUT2D eigenvalue weighted by atomic mass is 19.1. The highest BCUT2D eigenvalue weighted by molar-refractivity contribution is 4.98. The van der Waals surface area contributed by atoms with E-state index in [1.807, 2.05) is 13.8 Å². The Hall–Kier alpha value is -0.930. The molecule has 0 N–H and O–H groups in total. The Bertz CT molecular complexity index is 277. The highest BCUT2D eigenvalue weighted by Gasteiger charge is 2.27. The molecule has 13 heavy (non-hydrogen) atoms. The molecule has 0 aliphatic heterocycles. The molecule has 74 valence electrons. The van der Waals surface area contributed by atoms with E-state index in [0.29, 0.717) is 5.82 Å². The summed E-state index contributed by atoms with van der Waals surface area (Å²) in [6, 6.07) is 0. The molecule has 4 heteroatoms. The van der Waals surface area contributed by atoms with Crippen molar-refractivity contribution in [1.29, 1.82) is 0 Å². The first-order valence-corrected chi connectivity index (χ1v) is 4.48. The second-order valence-corrected chi connectivity index (χ2v) is 3.74. The summed E-state index contributed by atoms with van der Waals surface area (Å²) < 4.78 is 18.1. The number of nitrogens with zero attached hydrogens (tertiary/aromatic N) is 2. The topological polar surface area (TPSA) is 38.9 Å². The van der Waals surface area contributed by atoms with E-state index in [2.05, 4.69) is 10.1 Å². The van der Waals surface area contributed by atoms with Crippen molar-refractivity contribution >= 4 is 0 Å². The molecule has 0 bridgehead atoms. The third kappa shape index (κ3) is 2.26. The summed E-state index contributed by atoms with van der Waals surface area (Å²) in [5, 5.41) is 3.73. The van der Waals surface area contributed by atoms with Crippen LogP contribution in [0.3, 0.4) is 0 Å². The van der Waals surface area contributed by atoms with E-state index in [1.165, 1.54) is 13.8 Å². The molecule has 0 aromatic carbocycles. The molecule has 0 aliphatic rings. The lowest BCUT2D eigenvalue weighted by Crippen LogP contribution is -2.09. The summed E-state index contributed by atoms with van der Waals surface area (Å²) in [5.74, 6) is 0.867. The predicted molar refractivity (Wildman–Crippen MR) is 47.1 cm³/mol. The molecule has 0 fully saturated rings. The van der Waals surface area contributed by atoms with Gasteiger partial charge in [0.25, 0.3) is 5.89 Å². The Morgan fingerprint density at radius 1 is 1.54 bits per heavy atom. The van der Waals surface area contributed by atoms with Crippen LogP contribution in [0.4, 0.5) is 4.39 Å². The summed E-state index contributed by atoms with van der Waals surface area (Å²) in [6.45, 7) is 6.82. The van der Waals surface area contributed by atoms with E-state index in [0.717, 1.165) is 6.42 Å². The van der Waals surface area contributed by atoms with Gasteiger partial charge in [0.05, 0.1) is 0 Å². The van der Waals surface area contributed by atoms with E-state index in [1.54, 1.807) is 0 Å². The molecule has 0 radical (unpaired) electrons. The first-order valence-electron chi connectivity index (χ1n) is 4.48. The van der Waals surface area contributed by atoms with Crippen LogP contribution < -0.4 is 0 Å². The lowest BCUT2D eigenvalue weighted by molar-refractivity contribution is 0.155. The molecule has 1 aromatic heterocycles. The zero-order chi connectivity index (χ0) is 10.1. The zero-order valence-electron chi connectivity index (χ0n) is 8.47. The van der Waals surface area contributed by atoms with Gasteiger partial charge in [0.1, 0.15) is 0 Å². The number of alkyl halides is 1. The fraction of sp³-hybridized carbons (Fsp3) is 0.778. The van der Waals surface area contributed by atoms with Crippen LogP contribution in [0.5, 0.6) is 0 Å². The van der Waals surface area contributed by atoms with Crippen molar-refractivity contribution in [3.8, 4) is 0 Å². The number of halogens is 1. The molecule has 0 amide bonds. The SMILES string of the molecule is CCC(C)c1noc(C(C)(C)F)n1. The number of aromatic nitrogens is 2. The van der Waals surface area contributed by atoms with Crippen LogP contribution in [0, 0.1) is 0 Å². The van der Waals surface area contributed by atoms with Crippen LogP contribution in [-0.2, 0) is 5.67 Å². The van der Waals surface area contributed by atoms with Gasteiger partial charge < -0.3 is 4.52 Å². The number of hydrogen-bond acceptors (Lipinski definition) is 3. The molecule has 1 atom stereocenters. The fourth-order valence-corrected chi connectivity index (χ4v) is 0.859. The van der Waals surface area contributed by atoms with Gasteiger partial charge in [-0.1, -0.05) is 19.0 Å². The molecule has 1 aromatic rings. The van der Waals surface area contributed by atoms with Gasteiger partial charge in [0.2, 0.25) is 0 Å². The molecular weight excluding hydrogens is 171 g/mol. The van der Waals surface area contributed by atoms with Crippen molar-refractivity contribution in [2.75, 3.05) is 0 Å². The lowest BCUT2D eigenvalue weighted by Gasteiger charge is -2.06. The zero-order valence-corrected chi connectivity index (χ0v) is 8.47. The maximum absolute atomic E-state index is 13.3. The van der Waals surface area contributed by atoms with Crippen LogP contribution in [0.2, 0.25) is 0 Å². The van der Waals surface area contributed by atoms with Crippen LogP contribution in [0.25, 0.3) is 0 Å². The van der Waals surface area contributed by atoms with E-state index in [-0.39, 0.29) is 11.8 Å². The summed E-state index contributed by atoms with van der Waals surface area (Å²) >= 11 is 0. The average molecular weight is 186 g/mol. The lowest BCUT2D eigenvalue weighted by atomic mass is 10.1. The van der Waals surface area contributed by atoms with Crippen molar-refractivity contribution in [2.24, 2.45) is 0 Å². The molecule has 0 aliphatic carbocycles. The Labute approximate surface area is 77.3 Å². The van der Waals surface area contributed by atoms with E-state index in [4.69, 9.17) is 4.52 Å². The number of rotatable bonds is 3. The standard InChI is InChI=1S/C9H15FN2O/c1-5-6(2)7-11-8(13-12-7)9(3,4)10/h6H,5H2,1-4H3. The molecule has 1 heterocycles. The first kappa shape index (κ1) is 10.2. The van der Waals surface area contributed by atoms with Gasteiger partial charge in [-0.3, -0.25) is 0 Å². The molecule has 1 rings (SSSR count). The summed E-state index contributed by atoms with van der Waals surface area (Å²) in [6.07, 6.45) is 0.922. The van der Waals surface area contributed by atoms with Gasteiger partial charge in [0.15, 0.2) is 11.5 Å². The molecule has 0 saturated carbocycles. The first-order chi connectivity index (χ1) is 5.95. The monoisotopic (exact) mass is 186 g/mol. The van der Waals surface area contributed by atoms with Crippen molar-refractivity contribution < 1.29 is 8.91 Å². The minimum atomic E-state index is -1.54. The minimum Gasteiger partial charge on any atom is -0.336 e. The predicted octanol–water partition coefficient (Wildman–Crippen LogP) is 2.79. The van der Waals surface area contributed by atoms with Gasteiger partial charge in [-0.05, 0) is 20.3 Å². The smallest absolute Gasteiger partial charge is 0.263 e. The van der Waals surface area contributed by atoms with Gasteiger partial charge in [-0.2, -0.15) is 4.98 Å². The maximum Gasteiger partial charge on any atom is 0.263 e. The van der Waals surface area contributed by atoms with Gasteiger partial charge in [-0.15, -0.1) is 0 Å². The fourth-order valence-electron chi connectivity index (χ4n) is 0.859. The van der Waals surface area contributed by atoms with Crippen molar-refractivity contribution in [1.82, 2.24) is 10.1 Å². The molecule has 0 saturated heterocycles. The van der Waals surface area contributed by atoms with Crippen LogP contribution in [-0.4, -0.2) is 10.1 Å². The summed E-state index contributed by atoms with van der Waals surface area (Å²) in [5.41, 5.74) is -1.54. The van der Waals surface area contributed by atoms with Crippen molar-refractivity contribution in [3.63, 3.8) is 0 Å². The average Bonchev–Trinajstić information content (AvgIpc) is 2.50. The summed E-state index contributed by atoms with van der Waals surface area (Å²) in [7, 11) is 0. The summed E-state index contributed by atoms with van der Waals surface area (Å²) in [4.78, 5) is 4.00. The molecule has 1 unspecified atom stereocenters. The highest BCUT2D eigenvalue weighted by Crippen LogP contribution is 2.24. The van der Waals surface area contributed by atoms with Gasteiger partial charge >= 0.3 is 0 Å².